The summed E-state index contributed by atoms with van der Waals surface area (Å²) in [6.45, 7) is 3.40. The van der Waals surface area contributed by atoms with Crippen molar-refractivity contribution in [3.05, 3.63) is 29.8 Å². The van der Waals surface area contributed by atoms with Crippen LogP contribution in [0.1, 0.15) is 64.0 Å². The van der Waals surface area contributed by atoms with Crippen LogP contribution >= 0.6 is 0 Å². The summed E-state index contributed by atoms with van der Waals surface area (Å²) in [5.41, 5.74) is 7.77. The predicted octanol–water partition coefficient (Wildman–Crippen LogP) is 3.12. The minimum Gasteiger partial charge on any atom is -0.348 e. The lowest BCUT2D eigenvalue weighted by atomic mass is 9.85. The van der Waals surface area contributed by atoms with E-state index in [1.165, 1.54) is 39.0 Å². The molecule has 0 aliphatic heterocycles. The highest BCUT2D eigenvalue weighted by Crippen LogP contribution is 2.27. The predicted molar refractivity (Wildman–Crippen MR) is 96.5 cm³/mol. The smallest absolute Gasteiger partial charge is 0.237 e. The summed E-state index contributed by atoms with van der Waals surface area (Å²) >= 11 is 0. The molecule has 132 valence electrons. The average Bonchev–Trinajstić information content (AvgIpc) is 2.55. The van der Waals surface area contributed by atoms with E-state index in [1.54, 1.807) is 0 Å². The molecule has 2 unspecified atom stereocenters. The van der Waals surface area contributed by atoms with Crippen molar-refractivity contribution >= 4 is 17.5 Å². The molecule has 0 bridgehead atoms. The lowest BCUT2D eigenvalue weighted by Gasteiger charge is -2.25. The topological polar surface area (TPSA) is 84.2 Å². The van der Waals surface area contributed by atoms with Gasteiger partial charge >= 0.3 is 0 Å². The third-order valence-electron chi connectivity index (χ3n) is 4.71. The number of rotatable bonds is 6. The number of nitrogens with one attached hydrogen (secondary N) is 2. The molecule has 5 heteroatoms. The summed E-state index contributed by atoms with van der Waals surface area (Å²) in [6.07, 6.45) is 6.96. The van der Waals surface area contributed by atoms with Crippen LogP contribution in [0.15, 0.2) is 24.3 Å². The van der Waals surface area contributed by atoms with Gasteiger partial charge in [0.1, 0.15) is 0 Å². The molecule has 1 aromatic rings. The van der Waals surface area contributed by atoms with Gasteiger partial charge in [0.15, 0.2) is 0 Å². The van der Waals surface area contributed by atoms with Crippen LogP contribution in [-0.4, -0.2) is 17.9 Å². The molecule has 1 aliphatic carbocycles. The first kappa shape index (κ1) is 18.5. The van der Waals surface area contributed by atoms with Gasteiger partial charge in [0.05, 0.1) is 12.1 Å². The van der Waals surface area contributed by atoms with Gasteiger partial charge < -0.3 is 16.4 Å². The molecule has 1 saturated carbocycles. The summed E-state index contributed by atoms with van der Waals surface area (Å²) in [5, 5.41) is 5.74. The fourth-order valence-corrected chi connectivity index (χ4v) is 3.38. The summed E-state index contributed by atoms with van der Waals surface area (Å²) < 4.78 is 0. The maximum atomic E-state index is 12.4. The fourth-order valence-electron chi connectivity index (χ4n) is 3.38. The van der Waals surface area contributed by atoms with Crippen molar-refractivity contribution in [3.63, 3.8) is 0 Å². The minimum absolute atomic E-state index is 0.0991. The van der Waals surface area contributed by atoms with E-state index in [9.17, 15) is 9.59 Å². The summed E-state index contributed by atoms with van der Waals surface area (Å²) in [4.78, 5) is 23.5. The van der Waals surface area contributed by atoms with Crippen molar-refractivity contribution in [3.8, 4) is 0 Å². The van der Waals surface area contributed by atoms with Crippen molar-refractivity contribution < 1.29 is 9.59 Å². The Morgan fingerprint density at radius 1 is 1.25 bits per heavy atom. The molecule has 2 rings (SSSR count). The minimum atomic E-state index is -0.450. The molecule has 5 nitrogen and oxygen atoms in total. The van der Waals surface area contributed by atoms with E-state index in [0.717, 1.165) is 17.7 Å². The normalized spacial score (nSPS) is 17.8. The standard InChI is InChI=1S/C19H29N3O2/c1-13(16-9-6-10-17(12-16)22-14(2)23)21-19(24)18(20)11-15-7-4-3-5-8-15/h6,9-10,12-13,15,18H,3-5,7-8,11,20H2,1-2H3,(H,21,24)(H,22,23). The number of hydrogen-bond acceptors (Lipinski definition) is 3. The monoisotopic (exact) mass is 331 g/mol. The fraction of sp³-hybridized carbons (Fsp3) is 0.579. The van der Waals surface area contributed by atoms with E-state index in [0.29, 0.717) is 5.92 Å². The Bertz CT molecular complexity index is 567. The van der Waals surface area contributed by atoms with Crippen molar-refractivity contribution in [2.45, 2.75) is 64.5 Å². The first-order chi connectivity index (χ1) is 11.5. The highest BCUT2D eigenvalue weighted by atomic mass is 16.2. The maximum absolute atomic E-state index is 12.4. The Labute approximate surface area is 144 Å². The second-order valence-electron chi connectivity index (χ2n) is 6.88. The van der Waals surface area contributed by atoms with Crippen LogP contribution in [0, 0.1) is 5.92 Å². The van der Waals surface area contributed by atoms with E-state index < -0.39 is 6.04 Å². The molecule has 1 fully saturated rings. The quantitative estimate of drug-likeness (QED) is 0.749. The molecule has 0 heterocycles. The Morgan fingerprint density at radius 2 is 1.96 bits per heavy atom. The van der Waals surface area contributed by atoms with Crippen LogP contribution in [0.3, 0.4) is 0 Å². The molecule has 1 aliphatic rings. The van der Waals surface area contributed by atoms with Crippen LogP contribution in [-0.2, 0) is 9.59 Å². The third kappa shape index (κ3) is 5.64. The van der Waals surface area contributed by atoms with Gasteiger partial charge in [0, 0.05) is 12.6 Å². The van der Waals surface area contributed by atoms with Crippen LogP contribution in [0.5, 0.6) is 0 Å². The molecule has 0 saturated heterocycles. The Kier molecular flexibility index (Phi) is 6.79. The second kappa shape index (κ2) is 8.83. The summed E-state index contributed by atoms with van der Waals surface area (Å²) in [6, 6.07) is 6.90. The molecule has 2 amide bonds. The van der Waals surface area contributed by atoms with E-state index in [2.05, 4.69) is 10.6 Å². The van der Waals surface area contributed by atoms with Crippen molar-refractivity contribution in [2.75, 3.05) is 5.32 Å². The first-order valence-electron chi connectivity index (χ1n) is 8.89. The third-order valence-corrected chi connectivity index (χ3v) is 4.71. The first-order valence-corrected chi connectivity index (χ1v) is 8.89. The van der Waals surface area contributed by atoms with Gasteiger partial charge in [0.2, 0.25) is 11.8 Å². The molecule has 1 aromatic carbocycles. The Morgan fingerprint density at radius 3 is 2.62 bits per heavy atom. The second-order valence-corrected chi connectivity index (χ2v) is 6.88. The Balaban J connectivity index is 1.89. The molecular weight excluding hydrogens is 302 g/mol. The Hall–Kier alpha value is -1.88. The molecule has 0 aromatic heterocycles. The largest absolute Gasteiger partial charge is 0.348 e. The van der Waals surface area contributed by atoms with Crippen molar-refractivity contribution in [1.29, 1.82) is 0 Å². The highest BCUT2D eigenvalue weighted by Gasteiger charge is 2.22. The zero-order chi connectivity index (χ0) is 17.5. The van der Waals surface area contributed by atoms with Gasteiger partial charge in [-0.15, -0.1) is 0 Å². The average molecular weight is 331 g/mol. The van der Waals surface area contributed by atoms with Crippen LogP contribution in [0.2, 0.25) is 0 Å². The number of anilines is 1. The van der Waals surface area contributed by atoms with E-state index in [1.807, 2.05) is 31.2 Å². The summed E-state index contributed by atoms with van der Waals surface area (Å²) in [7, 11) is 0. The number of carbonyl (C=O) groups is 2. The van der Waals surface area contributed by atoms with Gasteiger partial charge in [-0.3, -0.25) is 9.59 Å². The van der Waals surface area contributed by atoms with Gasteiger partial charge in [-0.25, -0.2) is 0 Å². The number of carbonyl (C=O) groups excluding carboxylic acids is 2. The molecule has 4 N–H and O–H groups in total. The zero-order valence-corrected chi connectivity index (χ0v) is 14.7. The zero-order valence-electron chi connectivity index (χ0n) is 14.7. The van der Waals surface area contributed by atoms with E-state index in [-0.39, 0.29) is 17.9 Å². The molecular formula is C19H29N3O2. The molecule has 24 heavy (non-hydrogen) atoms. The molecule has 2 atom stereocenters. The van der Waals surface area contributed by atoms with Crippen LogP contribution in [0.4, 0.5) is 5.69 Å². The number of nitrogens with two attached hydrogens (primary N) is 1. The highest BCUT2D eigenvalue weighted by molar-refractivity contribution is 5.88. The van der Waals surface area contributed by atoms with Gasteiger partial charge in [-0.2, -0.15) is 0 Å². The number of benzene rings is 1. The number of amides is 2. The van der Waals surface area contributed by atoms with Crippen LogP contribution in [0.25, 0.3) is 0 Å². The van der Waals surface area contributed by atoms with Gasteiger partial charge in [-0.05, 0) is 37.0 Å². The van der Waals surface area contributed by atoms with Gasteiger partial charge in [-0.1, -0.05) is 44.2 Å². The lowest BCUT2D eigenvalue weighted by molar-refractivity contribution is -0.123. The van der Waals surface area contributed by atoms with E-state index in [4.69, 9.17) is 5.73 Å². The van der Waals surface area contributed by atoms with Gasteiger partial charge in [0.25, 0.3) is 0 Å². The lowest BCUT2D eigenvalue weighted by Crippen LogP contribution is -2.42. The maximum Gasteiger partial charge on any atom is 0.237 e. The van der Waals surface area contributed by atoms with Crippen molar-refractivity contribution in [1.82, 2.24) is 5.32 Å². The number of hydrogen-bond donors (Lipinski definition) is 3. The molecule has 0 spiro atoms. The summed E-state index contributed by atoms with van der Waals surface area (Å²) in [5.74, 6) is 0.370. The van der Waals surface area contributed by atoms with Crippen molar-refractivity contribution in [2.24, 2.45) is 11.7 Å². The van der Waals surface area contributed by atoms with E-state index >= 15 is 0 Å². The van der Waals surface area contributed by atoms with Crippen LogP contribution < -0.4 is 16.4 Å². The molecule has 0 radical (unpaired) electrons. The SMILES string of the molecule is CC(=O)Nc1cccc(C(C)NC(=O)C(N)CC2CCCCC2)c1.